The van der Waals surface area contributed by atoms with Gasteiger partial charge >= 0.3 is 0 Å². The van der Waals surface area contributed by atoms with Gasteiger partial charge in [-0.2, -0.15) is 0 Å². The Balaban J connectivity index is 1.96. The van der Waals surface area contributed by atoms with E-state index in [4.69, 9.17) is 4.74 Å². The summed E-state index contributed by atoms with van der Waals surface area (Å²) in [5.74, 6) is 6.11. The standard InChI is InChI=1S/C20H20N2O3/c1-3-25-17-12-10-16(11-13-17)19(23)22-14-6-8-15-7-4-5-9-18(15)20(24)21-2/h4-5,7,9-13H,3,14H2,1-2H3,(H,21,24)(H,22,23). The van der Waals surface area contributed by atoms with Crippen molar-refractivity contribution in [1.82, 2.24) is 10.6 Å². The molecule has 0 atom stereocenters. The van der Waals surface area contributed by atoms with E-state index >= 15 is 0 Å². The number of ether oxygens (including phenoxy) is 1. The van der Waals surface area contributed by atoms with Gasteiger partial charge in [0.05, 0.1) is 18.7 Å². The molecule has 5 nitrogen and oxygen atoms in total. The van der Waals surface area contributed by atoms with Crippen molar-refractivity contribution in [3.05, 3.63) is 65.2 Å². The van der Waals surface area contributed by atoms with Crippen LogP contribution in [0, 0.1) is 11.8 Å². The van der Waals surface area contributed by atoms with Crippen LogP contribution in [0.5, 0.6) is 5.75 Å². The van der Waals surface area contributed by atoms with Crippen molar-refractivity contribution in [3.63, 3.8) is 0 Å². The van der Waals surface area contributed by atoms with E-state index in [2.05, 4.69) is 22.5 Å². The highest BCUT2D eigenvalue weighted by molar-refractivity contribution is 5.96. The van der Waals surface area contributed by atoms with Gasteiger partial charge in [-0.1, -0.05) is 24.0 Å². The molecular weight excluding hydrogens is 316 g/mol. The number of benzene rings is 2. The molecule has 2 amide bonds. The zero-order valence-corrected chi connectivity index (χ0v) is 14.3. The summed E-state index contributed by atoms with van der Waals surface area (Å²) in [5.41, 5.74) is 1.67. The molecular formula is C20H20N2O3. The molecule has 0 aliphatic carbocycles. The van der Waals surface area contributed by atoms with Crippen LogP contribution < -0.4 is 15.4 Å². The van der Waals surface area contributed by atoms with E-state index in [-0.39, 0.29) is 18.4 Å². The monoisotopic (exact) mass is 336 g/mol. The van der Waals surface area contributed by atoms with Gasteiger partial charge in [-0.05, 0) is 43.3 Å². The number of carbonyl (C=O) groups is 2. The Hall–Kier alpha value is -3.26. The first kappa shape index (κ1) is 18.1. The molecule has 0 saturated heterocycles. The quantitative estimate of drug-likeness (QED) is 0.823. The molecule has 0 bridgehead atoms. The van der Waals surface area contributed by atoms with Gasteiger partial charge in [0.1, 0.15) is 5.75 Å². The van der Waals surface area contributed by atoms with E-state index in [0.29, 0.717) is 23.3 Å². The molecule has 2 aromatic carbocycles. The van der Waals surface area contributed by atoms with E-state index in [1.807, 2.05) is 13.0 Å². The number of hydrogen-bond donors (Lipinski definition) is 2. The van der Waals surface area contributed by atoms with Crippen LogP contribution in [-0.2, 0) is 0 Å². The lowest BCUT2D eigenvalue weighted by atomic mass is 10.1. The number of hydrogen-bond acceptors (Lipinski definition) is 3. The summed E-state index contributed by atoms with van der Waals surface area (Å²) in [6, 6.07) is 14.0. The highest BCUT2D eigenvalue weighted by atomic mass is 16.5. The molecule has 0 aromatic heterocycles. The van der Waals surface area contributed by atoms with Gasteiger partial charge in [-0.25, -0.2) is 0 Å². The van der Waals surface area contributed by atoms with Crippen molar-refractivity contribution in [3.8, 4) is 17.6 Å². The molecule has 0 saturated carbocycles. The predicted molar refractivity (Wildman–Crippen MR) is 96.7 cm³/mol. The van der Waals surface area contributed by atoms with Crippen LogP contribution in [0.2, 0.25) is 0 Å². The minimum atomic E-state index is -0.211. The molecule has 0 unspecified atom stereocenters. The topological polar surface area (TPSA) is 67.4 Å². The third-order valence-electron chi connectivity index (χ3n) is 3.39. The van der Waals surface area contributed by atoms with Crippen molar-refractivity contribution in [2.75, 3.05) is 20.2 Å². The predicted octanol–water partition coefficient (Wildman–Crippen LogP) is 2.23. The van der Waals surface area contributed by atoms with Gasteiger partial charge in [0.2, 0.25) is 0 Å². The molecule has 5 heteroatoms. The SMILES string of the molecule is CCOc1ccc(C(=O)NCC#Cc2ccccc2C(=O)NC)cc1. The highest BCUT2D eigenvalue weighted by Gasteiger charge is 2.07. The second kappa shape index (κ2) is 9.14. The van der Waals surface area contributed by atoms with Crippen LogP contribution >= 0.6 is 0 Å². The summed E-state index contributed by atoms with van der Waals surface area (Å²) in [4.78, 5) is 23.8. The van der Waals surface area contributed by atoms with Gasteiger partial charge in [0.25, 0.3) is 11.8 Å². The lowest BCUT2D eigenvalue weighted by Crippen LogP contribution is -2.23. The summed E-state index contributed by atoms with van der Waals surface area (Å²) in [5, 5.41) is 5.31. The van der Waals surface area contributed by atoms with Crippen molar-refractivity contribution in [2.45, 2.75) is 6.92 Å². The van der Waals surface area contributed by atoms with Gasteiger partial charge in [0.15, 0.2) is 0 Å². The molecule has 2 aromatic rings. The minimum Gasteiger partial charge on any atom is -0.494 e. The van der Waals surface area contributed by atoms with Gasteiger partial charge in [-0.3, -0.25) is 9.59 Å². The van der Waals surface area contributed by atoms with Crippen molar-refractivity contribution in [2.24, 2.45) is 0 Å². The second-order valence-corrected chi connectivity index (χ2v) is 5.07. The molecule has 2 rings (SSSR count). The van der Waals surface area contributed by atoms with Crippen molar-refractivity contribution < 1.29 is 14.3 Å². The number of nitrogens with one attached hydrogen (secondary N) is 2. The minimum absolute atomic E-state index is 0.189. The molecule has 2 N–H and O–H groups in total. The lowest BCUT2D eigenvalue weighted by Gasteiger charge is -2.05. The zero-order valence-electron chi connectivity index (χ0n) is 14.3. The highest BCUT2D eigenvalue weighted by Crippen LogP contribution is 2.11. The Labute approximate surface area is 147 Å². The average Bonchev–Trinajstić information content (AvgIpc) is 2.65. The van der Waals surface area contributed by atoms with Crippen LogP contribution in [0.4, 0.5) is 0 Å². The van der Waals surface area contributed by atoms with Gasteiger partial charge < -0.3 is 15.4 Å². The Bertz CT molecular complexity index is 802. The third kappa shape index (κ3) is 5.11. The van der Waals surface area contributed by atoms with Gasteiger partial charge in [-0.15, -0.1) is 0 Å². The fourth-order valence-corrected chi connectivity index (χ4v) is 2.16. The Kier molecular flexibility index (Phi) is 6.61. The Morgan fingerprint density at radius 3 is 2.44 bits per heavy atom. The fraction of sp³-hybridized carbons (Fsp3) is 0.200. The summed E-state index contributed by atoms with van der Waals surface area (Å²) in [6.45, 7) is 2.67. The summed E-state index contributed by atoms with van der Waals surface area (Å²) >= 11 is 0. The molecule has 128 valence electrons. The maximum absolute atomic E-state index is 12.1. The normalized spacial score (nSPS) is 9.52. The lowest BCUT2D eigenvalue weighted by molar-refractivity contribution is 0.0952. The molecule has 0 radical (unpaired) electrons. The Morgan fingerprint density at radius 1 is 1.04 bits per heavy atom. The van der Waals surface area contributed by atoms with Crippen LogP contribution in [0.25, 0.3) is 0 Å². The summed E-state index contributed by atoms with van der Waals surface area (Å²) in [6.07, 6.45) is 0. The summed E-state index contributed by atoms with van der Waals surface area (Å²) in [7, 11) is 1.57. The zero-order chi connectivity index (χ0) is 18.1. The van der Waals surface area contributed by atoms with Crippen LogP contribution in [0.1, 0.15) is 33.2 Å². The smallest absolute Gasteiger partial charge is 0.252 e. The molecule has 0 heterocycles. The number of rotatable bonds is 5. The van der Waals surface area contributed by atoms with E-state index in [1.54, 1.807) is 49.5 Å². The third-order valence-corrected chi connectivity index (χ3v) is 3.39. The maximum atomic E-state index is 12.1. The Morgan fingerprint density at radius 2 is 1.76 bits per heavy atom. The number of carbonyl (C=O) groups excluding carboxylic acids is 2. The summed E-state index contributed by atoms with van der Waals surface area (Å²) < 4.78 is 5.34. The number of amides is 2. The van der Waals surface area contributed by atoms with Crippen LogP contribution in [0.3, 0.4) is 0 Å². The molecule has 0 aliphatic heterocycles. The van der Waals surface area contributed by atoms with Crippen molar-refractivity contribution in [1.29, 1.82) is 0 Å². The van der Waals surface area contributed by atoms with Crippen LogP contribution in [0.15, 0.2) is 48.5 Å². The average molecular weight is 336 g/mol. The molecule has 25 heavy (non-hydrogen) atoms. The molecule has 0 fully saturated rings. The van der Waals surface area contributed by atoms with E-state index in [1.165, 1.54) is 0 Å². The van der Waals surface area contributed by atoms with Crippen LogP contribution in [-0.4, -0.2) is 32.0 Å². The van der Waals surface area contributed by atoms with E-state index < -0.39 is 0 Å². The molecule has 0 spiro atoms. The van der Waals surface area contributed by atoms with Gasteiger partial charge in [0, 0.05) is 18.2 Å². The van der Waals surface area contributed by atoms with Crippen molar-refractivity contribution >= 4 is 11.8 Å². The first-order valence-electron chi connectivity index (χ1n) is 7.96. The fourth-order valence-electron chi connectivity index (χ4n) is 2.16. The largest absolute Gasteiger partial charge is 0.494 e. The first-order valence-corrected chi connectivity index (χ1v) is 7.96. The molecule has 0 aliphatic rings. The van der Waals surface area contributed by atoms with E-state index in [9.17, 15) is 9.59 Å². The van der Waals surface area contributed by atoms with E-state index in [0.717, 1.165) is 5.75 Å². The first-order chi connectivity index (χ1) is 12.2. The maximum Gasteiger partial charge on any atom is 0.252 e. The second-order valence-electron chi connectivity index (χ2n) is 5.07.